The van der Waals surface area contributed by atoms with Crippen LogP contribution in [-0.2, 0) is 0 Å². The lowest BCUT2D eigenvalue weighted by Crippen LogP contribution is -1.76. The predicted molar refractivity (Wildman–Crippen MR) is 45.3 cm³/mol. The lowest BCUT2D eigenvalue weighted by Gasteiger charge is -1.92. The molecule has 0 N–H and O–H groups in total. The third kappa shape index (κ3) is 2.34. The minimum absolute atomic E-state index is 0.495. The highest BCUT2D eigenvalue weighted by Crippen LogP contribution is 2.22. The van der Waals surface area contributed by atoms with Crippen LogP contribution < -0.4 is 0 Å². The first-order valence-corrected chi connectivity index (χ1v) is 4.87. The predicted octanol–water partition coefficient (Wildman–Crippen LogP) is 1.97. The topological polar surface area (TPSA) is 47.6 Å². The molecule has 0 saturated carbocycles. The van der Waals surface area contributed by atoms with Crippen molar-refractivity contribution in [2.45, 2.75) is 0 Å². The molecule has 0 atom stereocenters. The van der Waals surface area contributed by atoms with Crippen LogP contribution in [-0.4, -0.2) is 12.5 Å². The van der Waals surface area contributed by atoms with Gasteiger partial charge in [-0.1, -0.05) is 0 Å². The maximum absolute atomic E-state index is 8.47. The number of hydrogen-bond donors (Lipinski definition) is 0. The highest BCUT2D eigenvalue weighted by Gasteiger charge is 2.01. The molecule has 0 rings (SSSR count). The second-order valence-corrected chi connectivity index (χ2v) is 2.92. The SMILES string of the molecule is CS/C(C#N)=C(/C#N)SC. The van der Waals surface area contributed by atoms with Crippen molar-refractivity contribution in [1.29, 1.82) is 10.5 Å². The number of thioether (sulfide) groups is 2. The molecule has 0 aromatic rings. The van der Waals surface area contributed by atoms with Crippen LogP contribution >= 0.6 is 23.5 Å². The zero-order chi connectivity index (χ0) is 7.98. The van der Waals surface area contributed by atoms with E-state index in [9.17, 15) is 0 Å². The van der Waals surface area contributed by atoms with Gasteiger partial charge in [-0.2, -0.15) is 10.5 Å². The van der Waals surface area contributed by atoms with E-state index in [4.69, 9.17) is 10.5 Å². The van der Waals surface area contributed by atoms with Crippen LogP contribution in [0.3, 0.4) is 0 Å². The molecule has 0 aliphatic rings. The van der Waals surface area contributed by atoms with Crippen molar-refractivity contribution >= 4 is 23.5 Å². The van der Waals surface area contributed by atoms with Crippen LogP contribution in [0.25, 0.3) is 0 Å². The van der Waals surface area contributed by atoms with Crippen molar-refractivity contribution in [2.24, 2.45) is 0 Å². The van der Waals surface area contributed by atoms with E-state index >= 15 is 0 Å². The molecular formula is C6H6N2S2. The zero-order valence-electron chi connectivity index (χ0n) is 5.71. The third-order valence-corrected chi connectivity index (χ3v) is 2.35. The molecule has 0 aliphatic carbocycles. The Balaban J connectivity index is 4.62. The van der Waals surface area contributed by atoms with E-state index < -0.39 is 0 Å². The Kier molecular flexibility index (Phi) is 4.92. The van der Waals surface area contributed by atoms with Crippen LogP contribution in [0.2, 0.25) is 0 Å². The van der Waals surface area contributed by atoms with Gasteiger partial charge in [0.05, 0.1) is 0 Å². The Morgan fingerprint density at radius 2 is 1.30 bits per heavy atom. The average molecular weight is 170 g/mol. The van der Waals surface area contributed by atoms with Crippen LogP contribution in [0, 0.1) is 22.7 Å². The van der Waals surface area contributed by atoms with Gasteiger partial charge in [0, 0.05) is 0 Å². The second-order valence-electron chi connectivity index (χ2n) is 1.29. The summed E-state index contributed by atoms with van der Waals surface area (Å²) in [7, 11) is 0. The summed E-state index contributed by atoms with van der Waals surface area (Å²) in [5.41, 5.74) is 0. The van der Waals surface area contributed by atoms with Gasteiger partial charge in [-0.15, -0.1) is 23.5 Å². The number of allylic oxidation sites excluding steroid dienone is 2. The quantitative estimate of drug-likeness (QED) is 0.594. The maximum Gasteiger partial charge on any atom is 0.109 e. The van der Waals surface area contributed by atoms with Gasteiger partial charge in [-0.05, 0) is 12.5 Å². The molecule has 0 aromatic heterocycles. The summed E-state index contributed by atoms with van der Waals surface area (Å²) in [5, 5.41) is 16.9. The van der Waals surface area contributed by atoms with Crippen molar-refractivity contribution in [1.82, 2.24) is 0 Å². The number of nitriles is 2. The van der Waals surface area contributed by atoms with E-state index in [0.29, 0.717) is 9.81 Å². The van der Waals surface area contributed by atoms with Gasteiger partial charge in [0.15, 0.2) is 0 Å². The smallest absolute Gasteiger partial charge is 0.109 e. The highest BCUT2D eigenvalue weighted by atomic mass is 32.2. The molecule has 0 fully saturated rings. The fourth-order valence-corrected chi connectivity index (χ4v) is 1.52. The zero-order valence-corrected chi connectivity index (χ0v) is 7.34. The molecule has 2 nitrogen and oxygen atoms in total. The molecule has 0 radical (unpaired) electrons. The summed E-state index contributed by atoms with van der Waals surface area (Å²) in [6.07, 6.45) is 3.57. The van der Waals surface area contributed by atoms with Crippen LogP contribution in [0.4, 0.5) is 0 Å². The van der Waals surface area contributed by atoms with Crippen molar-refractivity contribution in [3.63, 3.8) is 0 Å². The molecule has 4 heteroatoms. The first-order valence-electron chi connectivity index (χ1n) is 2.42. The largest absolute Gasteiger partial charge is 0.192 e. The van der Waals surface area contributed by atoms with Crippen LogP contribution in [0.1, 0.15) is 0 Å². The van der Waals surface area contributed by atoms with E-state index in [0.717, 1.165) is 0 Å². The van der Waals surface area contributed by atoms with Gasteiger partial charge in [0.2, 0.25) is 0 Å². The normalized spacial score (nSPS) is 11.2. The number of nitrogens with zero attached hydrogens (tertiary/aromatic N) is 2. The summed E-state index contributed by atoms with van der Waals surface area (Å²) in [4.78, 5) is 0.991. The van der Waals surface area contributed by atoms with E-state index in [1.165, 1.54) is 23.5 Å². The molecule has 0 unspecified atom stereocenters. The monoisotopic (exact) mass is 170 g/mol. The molecule has 52 valence electrons. The first-order chi connectivity index (χ1) is 4.79. The van der Waals surface area contributed by atoms with Crippen molar-refractivity contribution in [2.75, 3.05) is 12.5 Å². The van der Waals surface area contributed by atoms with Gasteiger partial charge >= 0.3 is 0 Å². The third-order valence-electron chi connectivity index (χ3n) is 0.818. The fourth-order valence-electron chi connectivity index (χ4n) is 0.378. The molecule has 0 heterocycles. The van der Waals surface area contributed by atoms with Gasteiger partial charge in [0.1, 0.15) is 21.9 Å². The minimum atomic E-state index is 0.495. The highest BCUT2D eigenvalue weighted by molar-refractivity contribution is 8.06. The molecule has 10 heavy (non-hydrogen) atoms. The van der Waals surface area contributed by atoms with Gasteiger partial charge < -0.3 is 0 Å². The van der Waals surface area contributed by atoms with Crippen molar-refractivity contribution in [3.05, 3.63) is 9.81 Å². The molecule has 0 aliphatic heterocycles. The van der Waals surface area contributed by atoms with E-state index in [1.807, 2.05) is 12.1 Å². The Morgan fingerprint density at radius 1 is 1.00 bits per heavy atom. The van der Waals surface area contributed by atoms with E-state index in [-0.39, 0.29) is 0 Å². The Labute approximate surface area is 68.9 Å². The fraction of sp³-hybridized carbons (Fsp3) is 0.333. The maximum atomic E-state index is 8.47. The summed E-state index contributed by atoms with van der Waals surface area (Å²) in [6, 6.07) is 3.91. The second kappa shape index (κ2) is 5.22. The summed E-state index contributed by atoms with van der Waals surface area (Å²) in [5.74, 6) is 0. The lowest BCUT2D eigenvalue weighted by molar-refractivity contribution is 1.50. The van der Waals surface area contributed by atoms with E-state index in [2.05, 4.69) is 0 Å². The molecule has 0 amide bonds. The van der Waals surface area contributed by atoms with Crippen molar-refractivity contribution in [3.8, 4) is 12.1 Å². The molecule has 0 saturated heterocycles. The van der Waals surface area contributed by atoms with Gasteiger partial charge in [-0.3, -0.25) is 0 Å². The Hall–Kier alpha value is -0.580. The van der Waals surface area contributed by atoms with Crippen molar-refractivity contribution < 1.29 is 0 Å². The van der Waals surface area contributed by atoms with Gasteiger partial charge in [-0.25, -0.2) is 0 Å². The Morgan fingerprint density at radius 3 is 1.40 bits per heavy atom. The molecular weight excluding hydrogens is 164 g/mol. The molecule has 0 aromatic carbocycles. The average Bonchev–Trinajstić information content (AvgIpc) is 2.00. The summed E-state index contributed by atoms with van der Waals surface area (Å²) >= 11 is 2.60. The number of hydrogen-bond acceptors (Lipinski definition) is 4. The van der Waals surface area contributed by atoms with Crippen LogP contribution in [0.5, 0.6) is 0 Å². The summed E-state index contributed by atoms with van der Waals surface area (Å²) < 4.78 is 0. The molecule has 0 spiro atoms. The Bertz CT molecular complexity index is 195. The molecule has 0 bridgehead atoms. The minimum Gasteiger partial charge on any atom is -0.192 e. The number of rotatable bonds is 2. The lowest BCUT2D eigenvalue weighted by atomic mass is 10.5. The standard InChI is InChI=1S/C6H6N2S2/c1-9-5(3-7)6(4-8)10-2/h1-2H3/b6-5-. The van der Waals surface area contributed by atoms with Crippen LogP contribution in [0.15, 0.2) is 9.81 Å². The summed E-state index contributed by atoms with van der Waals surface area (Å²) in [6.45, 7) is 0. The van der Waals surface area contributed by atoms with Gasteiger partial charge in [0.25, 0.3) is 0 Å². The van der Waals surface area contributed by atoms with E-state index in [1.54, 1.807) is 12.5 Å². The first kappa shape index (κ1) is 9.42.